The van der Waals surface area contributed by atoms with Gasteiger partial charge in [-0.2, -0.15) is 0 Å². The molecular weight excluding hydrogens is 416 g/mol. The third-order valence-corrected chi connectivity index (χ3v) is 6.85. The SMILES string of the molecule is Cc1c(C)c2c(c(C)c1O)CCC(C)(COc1ccc(Cc3sc(=O)[nH]c3O)cn1)O2. The van der Waals surface area contributed by atoms with Crippen LogP contribution in [0.25, 0.3) is 0 Å². The average molecular weight is 443 g/mol. The molecule has 8 heteroatoms. The molecule has 3 heterocycles. The average Bonchev–Trinajstić information content (AvgIpc) is 3.06. The molecule has 0 bridgehead atoms. The number of rotatable bonds is 5. The number of benzene rings is 1. The molecule has 1 aliphatic heterocycles. The van der Waals surface area contributed by atoms with E-state index in [1.807, 2.05) is 33.8 Å². The zero-order valence-electron chi connectivity index (χ0n) is 18.0. The molecule has 3 N–H and O–H groups in total. The fourth-order valence-corrected chi connectivity index (χ4v) is 4.64. The summed E-state index contributed by atoms with van der Waals surface area (Å²) >= 11 is 0.988. The second-order valence-corrected chi connectivity index (χ2v) is 9.41. The lowest BCUT2D eigenvalue weighted by molar-refractivity contribution is 0.0152. The molecular formula is C23H26N2O5S. The summed E-state index contributed by atoms with van der Waals surface area (Å²) in [5.41, 5.74) is 4.12. The van der Waals surface area contributed by atoms with Gasteiger partial charge in [0.15, 0.2) is 0 Å². The number of thiazole rings is 1. The quantitative estimate of drug-likeness (QED) is 0.553. The molecule has 0 saturated carbocycles. The number of hydrogen-bond acceptors (Lipinski definition) is 7. The first-order chi connectivity index (χ1) is 14.7. The van der Waals surface area contributed by atoms with E-state index in [9.17, 15) is 15.0 Å². The van der Waals surface area contributed by atoms with Gasteiger partial charge in [-0.15, -0.1) is 0 Å². The van der Waals surface area contributed by atoms with Crippen LogP contribution in [0.1, 0.15) is 46.0 Å². The summed E-state index contributed by atoms with van der Waals surface area (Å²) < 4.78 is 12.3. The van der Waals surface area contributed by atoms with Gasteiger partial charge in [-0.25, -0.2) is 4.98 Å². The molecule has 164 valence electrons. The number of fused-ring (bicyclic) bond motifs is 1. The van der Waals surface area contributed by atoms with Crippen LogP contribution >= 0.6 is 11.3 Å². The van der Waals surface area contributed by atoms with Crippen LogP contribution in [0, 0.1) is 20.8 Å². The topological polar surface area (TPSA) is 105 Å². The Morgan fingerprint density at radius 1 is 1.23 bits per heavy atom. The Bertz CT molecular complexity index is 1180. The highest BCUT2D eigenvalue weighted by Crippen LogP contribution is 2.43. The van der Waals surface area contributed by atoms with Crippen LogP contribution in [0.5, 0.6) is 23.3 Å². The monoisotopic (exact) mass is 442 g/mol. The maximum absolute atomic E-state index is 11.3. The van der Waals surface area contributed by atoms with Gasteiger partial charge in [-0.05, 0) is 62.8 Å². The van der Waals surface area contributed by atoms with E-state index in [2.05, 4.69) is 9.97 Å². The zero-order chi connectivity index (χ0) is 22.3. The van der Waals surface area contributed by atoms with E-state index in [1.54, 1.807) is 12.3 Å². The molecule has 1 atom stereocenters. The Hall–Kier alpha value is -3.00. The summed E-state index contributed by atoms with van der Waals surface area (Å²) in [6.45, 7) is 8.18. The number of aromatic amines is 1. The van der Waals surface area contributed by atoms with Gasteiger partial charge in [-0.3, -0.25) is 9.78 Å². The molecule has 1 aromatic carbocycles. The van der Waals surface area contributed by atoms with Crippen LogP contribution < -0.4 is 14.3 Å². The smallest absolute Gasteiger partial charge is 0.307 e. The van der Waals surface area contributed by atoms with Gasteiger partial charge >= 0.3 is 4.87 Å². The van der Waals surface area contributed by atoms with Gasteiger partial charge in [0.05, 0.1) is 4.88 Å². The minimum absolute atomic E-state index is 0.0907. The molecule has 31 heavy (non-hydrogen) atoms. The van der Waals surface area contributed by atoms with Crippen molar-refractivity contribution in [3.63, 3.8) is 0 Å². The Balaban J connectivity index is 1.44. The maximum atomic E-state index is 11.3. The summed E-state index contributed by atoms with van der Waals surface area (Å²) in [6.07, 6.45) is 3.68. The largest absolute Gasteiger partial charge is 0.507 e. The first kappa shape index (κ1) is 21.2. The molecule has 0 radical (unpaired) electrons. The van der Waals surface area contributed by atoms with Crippen molar-refractivity contribution >= 4 is 11.3 Å². The number of phenolic OH excluding ortho intramolecular Hbond substituents is 1. The molecule has 2 aromatic heterocycles. The predicted octanol–water partition coefficient (Wildman–Crippen LogP) is 3.92. The van der Waals surface area contributed by atoms with E-state index < -0.39 is 5.60 Å². The fraction of sp³-hybridized carbons (Fsp3) is 0.391. The van der Waals surface area contributed by atoms with Crippen molar-refractivity contribution in [2.24, 2.45) is 0 Å². The van der Waals surface area contributed by atoms with Crippen LogP contribution in [0.15, 0.2) is 23.1 Å². The normalized spacial score (nSPS) is 17.8. The molecule has 7 nitrogen and oxygen atoms in total. The van der Waals surface area contributed by atoms with Gasteiger partial charge < -0.3 is 19.7 Å². The highest BCUT2D eigenvalue weighted by atomic mass is 32.1. The molecule has 1 unspecified atom stereocenters. The lowest BCUT2D eigenvalue weighted by atomic mass is 9.87. The van der Waals surface area contributed by atoms with Crippen LogP contribution in [-0.4, -0.2) is 32.4 Å². The van der Waals surface area contributed by atoms with E-state index >= 15 is 0 Å². The minimum Gasteiger partial charge on any atom is -0.507 e. The summed E-state index contributed by atoms with van der Waals surface area (Å²) in [5.74, 6) is 1.59. The Morgan fingerprint density at radius 3 is 2.65 bits per heavy atom. The molecule has 1 aliphatic rings. The van der Waals surface area contributed by atoms with E-state index in [1.165, 1.54) is 0 Å². The van der Waals surface area contributed by atoms with Crippen molar-refractivity contribution in [1.29, 1.82) is 0 Å². The minimum atomic E-state index is -0.503. The van der Waals surface area contributed by atoms with Crippen molar-refractivity contribution in [3.05, 3.63) is 60.7 Å². The number of aromatic hydroxyl groups is 2. The predicted molar refractivity (Wildman–Crippen MR) is 119 cm³/mol. The number of ether oxygens (including phenoxy) is 2. The first-order valence-corrected chi connectivity index (χ1v) is 11.0. The molecule has 0 fully saturated rings. The number of nitrogens with zero attached hydrogens (tertiary/aromatic N) is 1. The zero-order valence-corrected chi connectivity index (χ0v) is 18.9. The third-order valence-electron chi connectivity index (χ3n) is 5.98. The molecule has 0 saturated heterocycles. The van der Waals surface area contributed by atoms with E-state index in [-0.39, 0.29) is 10.8 Å². The van der Waals surface area contributed by atoms with Crippen LogP contribution in [0.2, 0.25) is 0 Å². The number of aromatic nitrogens is 2. The van der Waals surface area contributed by atoms with Crippen molar-refractivity contribution < 1.29 is 19.7 Å². The van der Waals surface area contributed by atoms with Crippen molar-refractivity contribution in [2.45, 2.75) is 52.6 Å². The van der Waals surface area contributed by atoms with E-state index in [4.69, 9.17) is 9.47 Å². The Labute approximate surface area is 184 Å². The summed E-state index contributed by atoms with van der Waals surface area (Å²) in [6, 6.07) is 3.64. The van der Waals surface area contributed by atoms with Gasteiger partial charge in [0.25, 0.3) is 0 Å². The number of phenols is 1. The molecule has 4 rings (SSSR count). The second kappa shape index (κ2) is 7.92. The number of pyridine rings is 1. The van der Waals surface area contributed by atoms with Crippen LogP contribution in [0.3, 0.4) is 0 Å². The van der Waals surface area contributed by atoms with Crippen molar-refractivity contribution in [2.75, 3.05) is 6.61 Å². The van der Waals surface area contributed by atoms with Crippen molar-refractivity contribution in [3.8, 4) is 23.3 Å². The van der Waals surface area contributed by atoms with Crippen LogP contribution in [-0.2, 0) is 12.8 Å². The fourth-order valence-electron chi connectivity index (χ4n) is 3.88. The van der Waals surface area contributed by atoms with Crippen molar-refractivity contribution in [1.82, 2.24) is 9.97 Å². The molecule has 0 aliphatic carbocycles. The number of nitrogens with one attached hydrogen (secondary N) is 1. The Kier molecular flexibility index (Phi) is 5.43. The van der Waals surface area contributed by atoms with Gasteiger partial charge in [0.2, 0.25) is 11.8 Å². The number of H-pyrrole nitrogens is 1. The van der Waals surface area contributed by atoms with Gasteiger partial charge in [0, 0.05) is 24.2 Å². The summed E-state index contributed by atoms with van der Waals surface area (Å²) in [4.78, 5) is 18.3. The summed E-state index contributed by atoms with van der Waals surface area (Å²) in [5, 5.41) is 20.1. The highest BCUT2D eigenvalue weighted by molar-refractivity contribution is 7.09. The van der Waals surface area contributed by atoms with Gasteiger partial charge in [0.1, 0.15) is 23.7 Å². The lowest BCUT2D eigenvalue weighted by Gasteiger charge is -2.37. The first-order valence-electron chi connectivity index (χ1n) is 10.2. The highest BCUT2D eigenvalue weighted by Gasteiger charge is 2.35. The van der Waals surface area contributed by atoms with Gasteiger partial charge in [-0.1, -0.05) is 17.4 Å². The van der Waals surface area contributed by atoms with E-state index in [0.717, 1.165) is 57.7 Å². The second-order valence-electron chi connectivity index (χ2n) is 8.34. The van der Waals surface area contributed by atoms with E-state index in [0.29, 0.717) is 29.5 Å². The standard InChI is InChI=1S/C23H26N2O5S/c1-12-13(2)20-16(14(3)19(12)26)7-8-23(4,30-20)11-29-18-6-5-15(10-24-18)9-17-21(27)25-22(28)31-17/h5-6,10,26-27H,7-9,11H2,1-4H3,(H,25,28). The maximum Gasteiger partial charge on any atom is 0.307 e. The molecule has 3 aromatic rings. The third kappa shape index (κ3) is 4.12. The van der Waals surface area contributed by atoms with Crippen LogP contribution in [0.4, 0.5) is 0 Å². The Morgan fingerprint density at radius 2 is 2.00 bits per heavy atom. The number of hydrogen-bond donors (Lipinski definition) is 3. The molecule has 0 spiro atoms. The lowest BCUT2D eigenvalue weighted by Crippen LogP contribution is -2.42. The summed E-state index contributed by atoms with van der Waals surface area (Å²) in [7, 11) is 0. The molecule has 0 amide bonds.